The lowest BCUT2D eigenvalue weighted by Crippen LogP contribution is -2.16. The Hall–Kier alpha value is -2.53. The third-order valence-electron chi connectivity index (χ3n) is 3.48. The van der Waals surface area contributed by atoms with E-state index in [0.717, 1.165) is 17.8 Å². The van der Waals surface area contributed by atoms with Gasteiger partial charge in [-0.3, -0.25) is 4.79 Å². The summed E-state index contributed by atoms with van der Waals surface area (Å²) in [4.78, 5) is 14.6. The van der Waals surface area contributed by atoms with Crippen molar-refractivity contribution in [2.45, 2.75) is 13.5 Å². The van der Waals surface area contributed by atoms with E-state index >= 15 is 0 Å². The van der Waals surface area contributed by atoms with Gasteiger partial charge in [0.05, 0.1) is 13.7 Å². The molecule has 0 aliphatic carbocycles. The summed E-state index contributed by atoms with van der Waals surface area (Å²) < 4.78 is 10.8. The van der Waals surface area contributed by atoms with Gasteiger partial charge < -0.3 is 19.7 Å². The van der Waals surface area contributed by atoms with E-state index in [1.165, 1.54) is 0 Å². The molecule has 2 rings (SSSR count). The maximum atomic E-state index is 12.6. The summed E-state index contributed by atoms with van der Waals surface area (Å²) >= 11 is 0. The molecule has 0 heterocycles. The largest absolute Gasteiger partial charge is 0.493 e. The average molecular weight is 328 g/mol. The Bertz CT molecular complexity index is 699. The van der Waals surface area contributed by atoms with E-state index < -0.39 is 0 Å². The summed E-state index contributed by atoms with van der Waals surface area (Å²) in [6, 6.07) is 13.0. The summed E-state index contributed by atoms with van der Waals surface area (Å²) in [5.74, 6) is 0.998. The summed E-state index contributed by atoms with van der Waals surface area (Å²) in [7, 11) is 5.55. The number of ether oxygens (including phenoxy) is 2. The molecule has 0 spiro atoms. The average Bonchev–Trinajstić information content (AvgIpc) is 2.56. The Morgan fingerprint density at radius 3 is 2.54 bits per heavy atom. The molecule has 0 aromatic heterocycles. The van der Waals surface area contributed by atoms with E-state index in [0.29, 0.717) is 23.7 Å². The number of nitrogens with one attached hydrogen (secondary N) is 1. The van der Waals surface area contributed by atoms with Crippen LogP contribution < -0.4 is 14.8 Å². The molecule has 0 bridgehead atoms. The van der Waals surface area contributed by atoms with Crippen molar-refractivity contribution in [1.82, 2.24) is 4.90 Å². The van der Waals surface area contributed by atoms with E-state index in [2.05, 4.69) is 10.2 Å². The number of amides is 1. The van der Waals surface area contributed by atoms with Gasteiger partial charge in [0.15, 0.2) is 11.5 Å². The van der Waals surface area contributed by atoms with Crippen molar-refractivity contribution in [3.05, 3.63) is 53.6 Å². The number of nitrogens with zero attached hydrogens (tertiary/aromatic N) is 1. The molecular weight excluding hydrogens is 304 g/mol. The Kier molecular flexibility index (Phi) is 6.21. The molecule has 5 heteroatoms. The van der Waals surface area contributed by atoms with E-state index in [-0.39, 0.29) is 5.91 Å². The molecule has 1 N–H and O–H groups in total. The summed E-state index contributed by atoms with van der Waals surface area (Å²) in [5, 5.41) is 2.97. The number of hydrogen-bond acceptors (Lipinski definition) is 4. The fourth-order valence-electron chi connectivity index (χ4n) is 2.40. The minimum atomic E-state index is -0.178. The van der Waals surface area contributed by atoms with Gasteiger partial charge in [-0.15, -0.1) is 0 Å². The zero-order valence-electron chi connectivity index (χ0n) is 14.6. The van der Waals surface area contributed by atoms with E-state index in [4.69, 9.17) is 9.47 Å². The fraction of sp³-hybridized carbons (Fsp3) is 0.316. The quantitative estimate of drug-likeness (QED) is 0.846. The number of carbonyl (C=O) groups is 1. The van der Waals surface area contributed by atoms with Gasteiger partial charge >= 0.3 is 0 Å². The lowest BCUT2D eigenvalue weighted by molar-refractivity contribution is 0.102. The summed E-state index contributed by atoms with van der Waals surface area (Å²) in [5.41, 5.74) is 2.40. The van der Waals surface area contributed by atoms with Gasteiger partial charge in [-0.1, -0.05) is 18.2 Å². The third-order valence-corrected chi connectivity index (χ3v) is 3.48. The standard InChI is InChI=1S/C19H24N2O3/c1-5-24-17-11-10-14(12-18(17)23-4)19(22)20-16-9-7-6-8-15(16)13-21(2)3/h6-12H,5,13H2,1-4H3,(H,20,22). The second kappa shape index (κ2) is 8.36. The molecule has 0 fully saturated rings. The van der Waals surface area contributed by atoms with Crippen LogP contribution >= 0.6 is 0 Å². The van der Waals surface area contributed by atoms with Crippen LogP contribution in [0.15, 0.2) is 42.5 Å². The first-order valence-electron chi connectivity index (χ1n) is 7.90. The number of methoxy groups -OCH3 is 1. The molecule has 128 valence electrons. The molecule has 0 aliphatic rings. The van der Waals surface area contributed by atoms with Crippen LogP contribution in [0.5, 0.6) is 11.5 Å². The minimum Gasteiger partial charge on any atom is -0.493 e. The van der Waals surface area contributed by atoms with Gasteiger partial charge in [-0.25, -0.2) is 0 Å². The van der Waals surface area contributed by atoms with Crippen LogP contribution in [0.2, 0.25) is 0 Å². The molecule has 24 heavy (non-hydrogen) atoms. The number of carbonyl (C=O) groups excluding carboxylic acids is 1. The second-order valence-corrected chi connectivity index (χ2v) is 5.65. The van der Waals surface area contributed by atoms with Crippen molar-refractivity contribution in [3.63, 3.8) is 0 Å². The Morgan fingerprint density at radius 1 is 1.12 bits per heavy atom. The molecule has 2 aromatic carbocycles. The maximum absolute atomic E-state index is 12.6. The van der Waals surface area contributed by atoms with Gasteiger partial charge in [0, 0.05) is 17.8 Å². The number of para-hydroxylation sites is 1. The molecule has 1 amide bonds. The van der Waals surface area contributed by atoms with Crippen LogP contribution in [0.25, 0.3) is 0 Å². The maximum Gasteiger partial charge on any atom is 0.255 e. The normalized spacial score (nSPS) is 10.5. The number of rotatable bonds is 7. The first-order chi connectivity index (χ1) is 11.5. The Balaban J connectivity index is 2.21. The second-order valence-electron chi connectivity index (χ2n) is 5.65. The minimum absolute atomic E-state index is 0.178. The van der Waals surface area contributed by atoms with Gasteiger partial charge in [-0.2, -0.15) is 0 Å². The number of hydrogen-bond donors (Lipinski definition) is 1. The highest BCUT2D eigenvalue weighted by Gasteiger charge is 2.13. The van der Waals surface area contributed by atoms with Crippen LogP contribution in [0.4, 0.5) is 5.69 Å². The van der Waals surface area contributed by atoms with Crippen molar-refractivity contribution in [3.8, 4) is 11.5 Å². The predicted molar refractivity (Wildman–Crippen MR) is 95.9 cm³/mol. The molecule has 0 radical (unpaired) electrons. The SMILES string of the molecule is CCOc1ccc(C(=O)Nc2ccccc2CN(C)C)cc1OC. The highest BCUT2D eigenvalue weighted by atomic mass is 16.5. The van der Waals surface area contributed by atoms with E-state index in [9.17, 15) is 4.79 Å². The molecule has 0 saturated carbocycles. The highest BCUT2D eigenvalue weighted by Crippen LogP contribution is 2.28. The number of benzene rings is 2. The summed E-state index contributed by atoms with van der Waals surface area (Å²) in [6.07, 6.45) is 0. The molecule has 0 aliphatic heterocycles. The Labute approximate surface area is 143 Å². The zero-order valence-corrected chi connectivity index (χ0v) is 14.6. The van der Waals surface area contributed by atoms with Gasteiger partial charge in [0.1, 0.15) is 0 Å². The van der Waals surface area contributed by atoms with Gasteiger partial charge in [0.25, 0.3) is 5.91 Å². The predicted octanol–water partition coefficient (Wildman–Crippen LogP) is 3.41. The molecule has 0 saturated heterocycles. The van der Waals surface area contributed by atoms with Crippen LogP contribution in [-0.4, -0.2) is 38.6 Å². The lowest BCUT2D eigenvalue weighted by atomic mass is 10.1. The van der Waals surface area contributed by atoms with Crippen LogP contribution in [0.3, 0.4) is 0 Å². The molecular formula is C19H24N2O3. The van der Waals surface area contributed by atoms with Gasteiger partial charge in [-0.05, 0) is 50.8 Å². The monoisotopic (exact) mass is 328 g/mol. The smallest absolute Gasteiger partial charge is 0.255 e. The fourth-order valence-corrected chi connectivity index (χ4v) is 2.40. The first-order valence-corrected chi connectivity index (χ1v) is 7.90. The van der Waals surface area contributed by atoms with Crippen LogP contribution in [0.1, 0.15) is 22.8 Å². The van der Waals surface area contributed by atoms with Crippen LogP contribution in [-0.2, 0) is 6.54 Å². The van der Waals surface area contributed by atoms with Crippen molar-refractivity contribution >= 4 is 11.6 Å². The van der Waals surface area contributed by atoms with Gasteiger partial charge in [0.2, 0.25) is 0 Å². The van der Waals surface area contributed by atoms with Crippen molar-refractivity contribution in [2.24, 2.45) is 0 Å². The summed E-state index contributed by atoms with van der Waals surface area (Å²) in [6.45, 7) is 3.20. The molecule has 0 unspecified atom stereocenters. The Morgan fingerprint density at radius 2 is 1.88 bits per heavy atom. The van der Waals surface area contributed by atoms with Crippen molar-refractivity contribution in [2.75, 3.05) is 33.1 Å². The molecule has 2 aromatic rings. The van der Waals surface area contributed by atoms with E-state index in [1.807, 2.05) is 45.3 Å². The zero-order chi connectivity index (χ0) is 17.5. The third kappa shape index (κ3) is 4.49. The highest BCUT2D eigenvalue weighted by molar-refractivity contribution is 6.05. The molecule has 0 atom stereocenters. The number of anilines is 1. The topological polar surface area (TPSA) is 50.8 Å². The van der Waals surface area contributed by atoms with Crippen molar-refractivity contribution < 1.29 is 14.3 Å². The van der Waals surface area contributed by atoms with Crippen molar-refractivity contribution in [1.29, 1.82) is 0 Å². The lowest BCUT2D eigenvalue weighted by Gasteiger charge is -2.15. The van der Waals surface area contributed by atoms with E-state index in [1.54, 1.807) is 25.3 Å². The van der Waals surface area contributed by atoms with Crippen LogP contribution in [0, 0.1) is 0 Å². The molecule has 5 nitrogen and oxygen atoms in total. The first kappa shape index (κ1) is 17.8.